The summed E-state index contributed by atoms with van der Waals surface area (Å²) in [5.41, 5.74) is 4.98. The number of nitrogens with one attached hydrogen (secondary N) is 2. The van der Waals surface area contributed by atoms with E-state index in [1.807, 2.05) is 18.3 Å². The molecule has 0 bridgehead atoms. The molecular formula is C18H18N2. The molecule has 2 aromatic carbocycles. The number of hydrogen-bond acceptors (Lipinski definition) is 0. The zero-order chi connectivity index (χ0) is 13.9. The van der Waals surface area contributed by atoms with Crippen LogP contribution < -0.4 is 0 Å². The number of rotatable bonds is 0. The molecule has 0 fully saturated rings. The second-order valence-electron chi connectivity index (χ2n) is 5.06. The SMILES string of the molecule is Cc1c[nH]c2ccccc12.Cc1cc2ccccc2[nH]1. The molecular weight excluding hydrogens is 244 g/mol. The molecule has 0 aliphatic carbocycles. The Hall–Kier alpha value is -2.48. The summed E-state index contributed by atoms with van der Waals surface area (Å²) in [5.74, 6) is 0. The average molecular weight is 262 g/mol. The van der Waals surface area contributed by atoms with Gasteiger partial charge in [-0.25, -0.2) is 0 Å². The minimum Gasteiger partial charge on any atom is -0.361 e. The first-order chi connectivity index (χ1) is 9.74. The Kier molecular flexibility index (Phi) is 3.30. The zero-order valence-electron chi connectivity index (χ0n) is 11.8. The van der Waals surface area contributed by atoms with Crippen LogP contribution in [0.15, 0.2) is 60.8 Å². The van der Waals surface area contributed by atoms with E-state index in [2.05, 4.69) is 66.3 Å². The number of hydrogen-bond donors (Lipinski definition) is 2. The van der Waals surface area contributed by atoms with Crippen molar-refractivity contribution in [1.82, 2.24) is 9.97 Å². The fraction of sp³-hybridized carbons (Fsp3) is 0.111. The van der Waals surface area contributed by atoms with E-state index >= 15 is 0 Å². The third-order valence-electron chi connectivity index (χ3n) is 3.46. The molecule has 0 saturated carbocycles. The molecule has 0 amide bonds. The Labute approximate surface area is 118 Å². The second-order valence-corrected chi connectivity index (χ2v) is 5.06. The van der Waals surface area contributed by atoms with E-state index in [0.29, 0.717) is 0 Å². The summed E-state index contributed by atoms with van der Waals surface area (Å²) in [6.45, 7) is 4.18. The van der Waals surface area contributed by atoms with E-state index in [1.165, 1.54) is 33.1 Å². The van der Waals surface area contributed by atoms with Gasteiger partial charge in [-0.15, -0.1) is 0 Å². The van der Waals surface area contributed by atoms with Crippen LogP contribution in [0.5, 0.6) is 0 Å². The van der Waals surface area contributed by atoms with Crippen molar-refractivity contribution < 1.29 is 0 Å². The van der Waals surface area contributed by atoms with Gasteiger partial charge in [0.15, 0.2) is 0 Å². The molecule has 0 aliphatic heterocycles. The topological polar surface area (TPSA) is 31.6 Å². The van der Waals surface area contributed by atoms with Crippen molar-refractivity contribution >= 4 is 21.8 Å². The third-order valence-corrected chi connectivity index (χ3v) is 3.46. The molecule has 0 atom stereocenters. The molecule has 2 aromatic heterocycles. The number of fused-ring (bicyclic) bond motifs is 2. The molecule has 0 spiro atoms. The zero-order valence-corrected chi connectivity index (χ0v) is 11.8. The average Bonchev–Trinajstić information content (AvgIpc) is 3.02. The summed E-state index contributed by atoms with van der Waals surface area (Å²) in [6.07, 6.45) is 2.03. The van der Waals surface area contributed by atoms with E-state index in [1.54, 1.807) is 0 Å². The Bertz CT molecular complexity index is 795. The number of benzene rings is 2. The first-order valence-electron chi connectivity index (χ1n) is 6.81. The Morgan fingerprint density at radius 3 is 2.25 bits per heavy atom. The van der Waals surface area contributed by atoms with Gasteiger partial charge in [0.05, 0.1) is 0 Å². The summed E-state index contributed by atoms with van der Waals surface area (Å²) >= 11 is 0. The van der Waals surface area contributed by atoms with Gasteiger partial charge >= 0.3 is 0 Å². The lowest BCUT2D eigenvalue weighted by molar-refractivity contribution is 1.30. The fourth-order valence-electron chi connectivity index (χ4n) is 2.44. The monoisotopic (exact) mass is 262 g/mol. The standard InChI is InChI=1S/2C9H9N/c1-7-6-10-9-5-3-2-4-8(7)9;1-7-6-8-4-2-3-5-9(8)10-7/h2*2-6,10H,1H3. The molecule has 0 aliphatic rings. The smallest absolute Gasteiger partial charge is 0.0456 e. The largest absolute Gasteiger partial charge is 0.361 e. The predicted octanol–water partition coefficient (Wildman–Crippen LogP) is 4.95. The summed E-state index contributed by atoms with van der Waals surface area (Å²) in [5, 5.41) is 2.61. The number of para-hydroxylation sites is 2. The van der Waals surface area contributed by atoms with Crippen molar-refractivity contribution in [3.63, 3.8) is 0 Å². The summed E-state index contributed by atoms with van der Waals surface area (Å²) in [4.78, 5) is 6.45. The molecule has 2 N–H and O–H groups in total. The van der Waals surface area contributed by atoms with Crippen LogP contribution in [0.4, 0.5) is 0 Å². The molecule has 4 aromatic rings. The molecule has 2 heterocycles. The van der Waals surface area contributed by atoms with Crippen LogP contribution in [0.2, 0.25) is 0 Å². The van der Waals surface area contributed by atoms with E-state index in [4.69, 9.17) is 0 Å². The maximum absolute atomic E-state index is 3.26. The van der Waals surface area contributed by atoms with Gasteiger partial charge in [-0.2, -0.15) is 0 Å². The van der Waals surface area contributed by atoms with E-state index in [-0.39, 0.29) is 0 Å². The molecule has 4 rings (SSSR count). The Morgan fingerprint density at radius 1 is 0.800 bits per heavy atom. The minimum atomic E-state index is 1.22. The van der Waals surface area contributed by atoms with E-state index in [0.717, 1.165) is 0 Å². The van der Waals surface area contributed by atoms with Crippen LogP contribution in [0.25, 0.3) is 21.8 Å². The van der Waals surface area contributed by atoms with Crippen LogP contribution in [-0.4, -0.2) is 9.97 Å². The van der Waals surface area contributed by atoms with E-state index < -0.39 is 0 Å². The highest BCUT2D eigenvalue weighted by atomic mass is 14.7. The summed E-state index contributed by atoms with van der Waals surface area (Å²) < 4.78 is 0. The third kappa shape index (κ3) is 2.45. The van der Waals surface area contributed by atoms with Crippen LogP contribution in [0, 0.1) is 13.8 Å². The van der Waals surface area contributed by atoms with E-state index in [9.17, 15) is 0 Å². The minimum absolute atomic E-state index is 1.22. The van der Waals surface area contributed by atoms with Gasteiger partial charge in [0.25, 0.3) is 0 Å². The van der Waals surface area contributed by atoms with Gasteiger partial charge in [-0.05, 0) is 43.0 Å². The highest BCUT2D eigenvalue weighted by molar-refractivity contribution is 5.82. The number of aryl methyl sites for hydroxylation is 2. The number of aromatic nitrogens is 2. The Morgan fingerprint density at radius 2 is 1.50 bits per heavy atom. The lowest BCUT2D eigenvalue weighted by atomic mass is 10.2. The maximum Gasteiger partial charge on any atom is 0.0456 e. The maximum atomic E-state index is 3.26. The predicted molar refractivity (Wildman–Crippen MR) is 86.1 cm³/mol. The first-order valence-corrected chi connectivity index (χ1v) is 6.81. The summed E-state index contributed by atoms with van der Waals surface area (Å²) in [6, 6.07) is 18.7. The highest BCUT2D eigenvalue weighted by Gasteiger charge is 1.94. The second kappa shape index (κ2) is 5.25. The van der Waals surface area contributed by atoms with Crippen molar-refractivity contribution in [3.8, 4) is 0 Å². The number of aromatic amines is 2. The van der Waals surface area contributed by atoms with Crippen molar-refractivity contribution in [2.75, 3.05) is 0 Å². The molecule has 0 unspecified atom stereocenters. The lowest BCUT2D eigenvalue weighted by Crippen LogP contribution is -1.65. The van der Waals surface area contributed by atoms with Gasteiger partial charge in [0, 0.05) is 28.3 Å². The first kappa shape index (κ1) is 12.5. The van der Waals surface area contributed by atoms with Gasteiger partial charge < -0.3 is 9.97 Å². The quantitative estimate of drug-likeness (QED) is 0.449. The molecule has 2 heteroatoms. The molecule has 0 saturated heterocycles. The molecule has 20 heavy (non-hydrogen) atoms. The highest BCUT2D eigenvalue weighted by Crippen LogP contribution is 2.15. The molecule has 0 radical (unpaired) electrons. The fourth-order valence-corrected chi connectivity index (χ4v) is 2.44. The van der Waals surface area contributed by atoms with Crippen LogP contribution in [-0.2, 0) is 0 Å². The van der Waals surface area contributed by atoms with Gasteiger partial charge in [0.1, 0.15) is 0 Å². The van der Waals surface area contributed by atoms with Crippen LogP contribution >= 0.6 is 0 Å². The van der Waals surface area contributed by atoms with Gasteiger partial charge in [-0.3, -0.25) is 0 Å². The van der Waals surface area contributed by atoms with Crippen LogP contribution in [0.1, 0.15) is 11.3 Å². The van der Waals surface area contributed by atoms with Crippen LogP contribution in [0.3, 0.4) is 0 Å². The normalized spacial score (nSPS) is 10.5. The lowest BCUT2D eigenvalue weighted by Gasteiger charge is -1.86. The van der Waals surface area contributed by atoms with Crippen molar-refractivity contribution in [2.45, 2.75) is 13.8 Å². The van der Waals surface area contributed by atoms with Gasteiger partial charge in [0.2, 0.25) is 0 Å². The number of H-pyrrole nitrogens is 2. The van der Waals surface area contributed by atoms with Crippen molar-refractivity contribution in [3.05, 3.63) is 72.1 Å². The molecule has 2 nitrogen and oxygen atoms in total. The molecule has 100 valence electrons. The Balaban J connectivity index is 0.000000121. The summed E-state index contributed by atoms with van der Waals surface area (Å²) in [7, 11) is 0. The van der Waals surface area contributed by atoms with Gasteiger partial charge in [-0.1, -0.05) is 36.4 Å². The van der Waals surface area contributed by atoms with Crippen molar-refractivity contribution in [1.29, 1.82) is 0 Å². The van der Waals surface area contributed by atoms with Crippen molar-refractivity contribution in [2.24, 2.45) is 0 Å².